The Morgan fingerprint density at radius 2 is 1.97 bits per heavy atom. The molecule has 0 unspecified atom stereocenters. The van der Waals surface area contributed by atoms with Crippen molar-refractivity contribution in [2.75, 3.05) is 18.0 Å². The number of fused-ring (bicyclic) bond motifs is 3. The van der Waals surface area contributed by atoms with Crippen LogP contribution in [0.1, 0.15) is 63.0 Å². The summed E-state index contributed by atoms with van der Waals surface area (Å²) in [6.07, 6.45) is 3.49. The predicted octanol–water partition coefficient (Wildman–Crippen LogP) is 5.02. The zero-order chi connectivity index (χ0) is 24.0. The molecule has 34 heavy (non-hydrogen) atoms. The first-order valence-electron chi connectivity index (χ1n) is 12.2. The molecule has 1 fully saturated rings. The second-order valence-electron chi connectivity index (χ2n) is 10.5. The first kappa shape index (κ1) is 22.7. The van der Waals surface area contributed by atoms with E-state index >= 15 is 0 Å². The number of nitrogens with one attached hydrogen (secondary N) is 1. The summed E-state index contributed by atoms with van der Waals surface area (Å²) in [5.41, 5.74) is 4.62. The van der Waals surface area contributed by atoms with Crippen molar-refractivity contribution in [3.05, 3.63) is 63.8 Å². The van der Waals surface area contributed by atoms with Gasteiger partial charge in [-0.15, -0.1) is 0 Å². The SMILES string of the molecule is CC(C)CCn1c(=O)[nH]c2ccc(N3CCC4(CC3)C[C@@H](CC(=O)O)c3ccc(F)cc34)cc21. The number of rotatable bonds is 6. The highest BCUT2D eigenvalue weighted by molar-refractivity contribution is 5.80. The average molecular weight is 466 g/mol. The number of carboxylic acids is 1. The molecule has 1 atom stereocenters. The molecule has 1 aromatic heterocycles. The maximum Gasteiger partial charge on any atom is 0.326 e. The molecule has 2 aliphatic rings. The van der Waals surface area contributed by atoms with E-state index in [0.717, 1.165) is 66.6 Å². The van der Waals surface area contributed by atoms with Gasteiger partial charge in [0.1, 0.15) is 5.82 Å². The Balaban J connectivity index is 1.39. The van der Waals surface area contributed by atoms with E-state index in [0.29, 0.717) is 12.5 Å². The smallest absolute Gasteiger partial charge is 0.326 e. The van der Waals surface area contributed by atoms with Crippen LogP contribution in [0.25, 0.3) is 11.0 Å². The minimum atomic E-state index is -0.807. The number of aromatic nitrogens is 2. The molecule has 180 valence electrons. The van der Waals surface area contributed by atoms with Crippen molar-refractivity contribution < 1.29 is 14.3 Å². The fraction of sp³-hybridized carbons (Fsp3) is 0.481. The molecule has 0 bridgehead atoms. The first-order chi connectivity index (χ1) is 16.3. The third-order valence-corrected chi connectivity index (χ3v) is 7.86. The molecule has 1 aliphatic heterocycles. The van der Waals surface area contributed by atoms with Gasteiger partial charge in [0.05, 0.1) is 17.5 Å². The lowest BCUT2D eigenvalue weighted by molar-refractivity contribution is -0.137. The zero-order valence-electron chi connectivity index (χ0n) is 19.8. The van der Waals surface area contributed by atoms with Gasteiger partial charge in [0.2, 0.25) is 0 Å². The van der Waals surface area contributed by atoms with E-state index in [1.807, 2.05) is 10.6 Å². The van der Waals surface area contributed by atoms with Gasteiger partial charge in [0, 0.05) is 25.3 Å². The van der Waals surface area contributed by atoms with Crippen LogP contribution in [0.2, 0.25) is 0 Å². The number of imidazole rings is 1. The number of nitrogens with zero attached hydrogens (tertiary/aromatic N) is 2. The molecule has 0 saturated carbocycles. The van der Waals surface area contributed by atoms with E-state index < -0.39 is 5.97 Å². The number of hydrogen-bond acceptors (Lipinski definition) is 3. The van der Waals surface area contributed by atoms with Crippen LogP contribution in [0.15, 0.2) is 41.2 Å². The van der Waals surface area contributed by atoms with Crippen molar-refractivity contribution in [1.82, 2.24) is 9.55 Å². The lowest BCUT2D eigenvalue weighted by Gasteiger charge is -2.41. The fourth-order valence-electron chi connectivity index (χ4n) is 6.04. The summed E-state index contributed by atoms with van der Waals surface area (Å²) < 4.78 is 16.0. The highest BCUT2D eigenvalue weighted by Gasteiger charge is 2.46. The number of aryl methyl sites for hydroxylation is 1. The molecular formula is C27H32FN3O3. The summed E-state index contributed by atoms with van der Waals surface area (Å²) >= 11 is 0. The van der Waals surface area contributed by atoms with Crippen LogP contribution in [0.4, 0.5) is 10.1 Å². The highest BCUT2D eigenvalue weighted by Crippen LogP contribution is 2.53. The number of anilines is 1. The molecule has 1 aliphatic carbocycles. The van der Waals surface area contributed by atoms with E-state index in [1.54, 1.807) is 12.1 Å². The van der Waals surface area contributed by atoms with Crippen molar-refractivity contribution >= 4 is 22.7 Å². The standard InChI is InChI=1S/C27H32FN3O3/c1-17(2)7-10-31-24-15-20(4-6-23(24)29-26(31)34)30-11-8-27(9-12-30)16-18(13-25(32)33)21-5-3-19(28)14-22(21)27/h3-6,14-15,17-18H,7-13,16H2,1-2H3,(H,29,34)(H,32,33)/t18-/m1/s1. The van der Waals surface area contributed by atoms with E-state index in [9.17, 15) is 19.1 Å². The van der Waals surface area contributed by atoms with Gasteiger partial charge in [0.15, 0.2) is 0 Å². The van der Waals surface area contributed by atoms with Crippen molar-refractivity contribution in [3.8, 4) is 0 Å². The minimum Gasteiger partial charge on any atom is -0.481 e. The fourth-order valence-corrected chi connectivity index (χ4v) is 6.04. The summed E-state index contributed by atoms with van der Waals surface area (Å²) in [4.78, 5) is 29.2. The number of aromatic amines is 1. The Kier molecular flexibility index (Phi) is 5.74. The number of benzene rings is 2. The number of carboxylic acid groups (broad SMARTS) is 1. The summed E-state index contributed by atoms with van der Waals surface area (Å²) in [5.74, 6) is -0.611. The van der Waals surface area contributed by atoms with Gasteiger partial charge in [-0.25, -0.2) is 9.18 Å². The Hall–Kier alpha value is -3.09. The number of H-pyrrole nitrogens is 1. The molecule has 5 rings (SSSR count). The summed E-state index contributed by atoms with van der Waals surface area (Å²) in [6, 6.07) is 11.0. The molecule has 2 heterocycles. The largest absolute Gasteiger partial charge is 0.481 e. The van der Waals surface area contributed by atoms with E-state index in [-0.39, 0.29) is 29.3 Å². The molecule has 2 aromatic carbocycles. The van der Waals surface area contributed by atoms with Gasteiger partial charge in [-0.05, 0) is 84.4 Å². The Morgan fingerprint density at radius 1 is 1.21 bits per heavy atom. The Labute approximate surface area is 198 Å². The van der Waals surface area contributed by atoms with Crippen LogP contribution in [0, 0.1) is 11.7 Å². The molecule has 2 N–H and O–H groups in total. The second-order valence-corrected chi connectivity index (χ2v) is 10.5. The van der Waals surface area contributed by atoms with Crippen LogP contribution in [0.5, 0.6) is 0 Å². The normalized spacial score (nSPS) is 19.3. The van der Waals surface area contributed by atoms with E-state index in [4.69, 9.17) is 0 Å². The molecule has 0 radical (unpaired) electrons. The number of hydrogen-bond donors (Lipinski definition) is 2. The van der Waals surface area contributed by atoms with Gasteiger partial charge in [-0.1, -0.05) is 19.9 Å². The van der Waals surface area contributed by atoms with Gasteiger partial charge < -0.3 is 15.0 Å². The van der Waals surface area contributed by atoms with Gasteiger partial charge in [0.25, 0.3) is 0 Å². The maximum absolute atomic E-state index is 14.2. The third-order valence-electron chi connectivity index (χ3n) is 7.86. The number of halogens is 1. The second kappa shape index (κ2) is 8.60. The predicted molar refractivity (Wildman–Crippen MR) is 131 cm³/mol. The Morgan fingerprint density at radius 3 is 2.68 bits per heavy atom. The molecule has 0 amide bonds. The van der Waals surface area contributed by atoms with Crippen LogP contribution in [-0.2, 0) is 16.8 Å². The third kappa shape index (κ3) is 4.01. The van der Waals surface area contributed by atoms with Gasteiger partial charge in [-0.2, -0.15) is 0 Å². The molecule has 1 spiro atoms. The van der Waals surface area contributed by atoms with Crippen molar-refractivity contribution in [1.29, 1.82) is 0 Å². The monoisotopic (exact) mass is 465 g/mol. The molecule has 1 saturated heterocycles. The topological polar surface area (TPSA) is 78.3 Å². The van der Waals surface area contributed by atoms with E-state index in [1.165, 1.54) is 6.07 Å². The van der Waals surface area contributed by atoms with Crippen LogP contribution < -0.4 is 10.6 Å². The van der Waals surface area contributed by atoms with Crippen LogP contribution in [-0.4, -0.2) is 33.7 Å². The molecule has 6 nitrogen and oxygen atoms in total. The number of carbonyl (C=O) groups is 1. The minimum absolute atomic E-state index is 0.0637. The first-order valence-corrected chi connectivity index (χ1v) is 12.2. The molecular weight excluding hydrogens is 433 g/mol. The number of piperidine rings is 1. The summed E-state index contributed by atoms with van der Waals surface area (Å²) in [7, 11) is 0. The van der Waals surface area contributed by atoms with Crippen LogP contribution >= 0.6 is 0 Å². The lowest BCUT2D eigenvalue weighted by Crippen LogP contribution is -2.41. The highest BCUT2D eigenvalue weighted by atomic mass is 19.1. The van der Waals surface area contributed by atoms with Crippen molar-refractivity contribution in [3.63, 3.8) is 0 Å². The zero-order valence-corrected chi connectivity index (χ0v) is 19.8. The average Bonchev–Trinajstić information content (AvgIpc) is 3.25. The summed E-state index contributed by atoms with van der Waals surface area (Å²) in [5, 5.41) is 9.40. The summed E-state index contributed by atoms with van der Waals surface area (Å²) in [6.45, 7) is 6.62. The number of aliphatic carboxylic acids is 1. The van der Waals surface area contributed by atoms with Gasteiger partial charge >= 0.3 is 11.7 Å². The lowest BCUT2D eigenvalue weighted by atomic mass is 9.73. The molecule has 3 aromatic rings. The van der Waals surface area contributed by atoms with Crippen molar-refractivity contribution in [2.24, 2.45) is 5.92 Å². The Bertz CT molecular complexity index is 1280. The van der Waals surface area contributed by atoms with E-state index in [2.05, 4.69) is 35.9 Å². The quantitative estimate of drug-likeness (QED) is 0.536. The van der Waals surface area contributed by atoms with Crippen molar-refractivity contribution in [2.45, 2.75) is 63.8 Å². The van der Waals surface area contributed by atoms with Gasteiger partial charge in [-0.3, -0.25) is 9.36 Å². The maximum atomic E-state index is 14.2. The molecule has 7 heteroatoms. The van der Waals surface area contributed by atoms with Crippen LogP contribution in [0.3, 0.4) is 0 Å².